The van der Waals surface area contributed by atoms with Crippen molar-refractivity contribution in [2.45, 2.75) is 38.2 Å². The number of furan rings is 1. The molecule has 1 aromatic carbocycles. The minimum absolute atomic E-state index is 0.668. The molecule has 0 radical (unpaired) electrons. The number of benzene rings is 1. The Labute approximate surface area is 107 Å². The van der Waals surface area contributed by atoms with Crippen molar-refractivity contribution in [2.24, 2.45) is 0 Å². The Hall–Kier alpha value is -1.54. The molecule has 0 amide bonds. The highest BCUT2D eigenvalue weighted by molar-refractivity contribution is 5.32. The molecule has 1 heterocycles. The van der Waals surface area contributed by atoms with Crippen molar-refractivity contribution >= 4 is 0 Å². The maximum atomic E-state index is 10.9. The predicted octanol–water partition coefficient (Wildman–Crippen LogP) is 3.35. The van der Waals surface area contributed by atoms with E-state index in [1.54, 1.807) is 6.26 Å². The van der Waals surface area contributed by atoms with E-state index in [1.165, 1.54) is 11.1 Å². The second-order valence-electron chi connectivity index (χ2n) is 5.31. The summed E-state index contributed by atoms with van der Waals surface area (Å²) in [6.07, 6.45) is 5.10. The zero-order chi connectivity index (χ0) is 12.6. The van der Waals surface area contributed by atoms with Gasteiger partial charge in [0.1, 0.15) is 5.76 Å². The summed E-state index contributed by atoms with van der Waals surface area (Å²) in [6.45, 7) is 2.08. The van der Waals surface area contributed by atoms with Crippen molar-refractivity contribution < 1.29 is 9.52 Å². The monoisotopic (exact) mass is 242 g/mol. The number of fused-ring (bicyclic) bond motifs is 1. The standard InChI is InChI=1S/C16H18O2/c1-12-4-2-5-13(10-12)11-16(17)8-3-6-15-14(16)7-9-18-15/h2,4-5,7,9-10,17H,3,6,8,11H2,1H3. The van der Waals surface area contributed by atoms with Crippen LogP contribution in [0.2, 0.25) is 0 Å². The van der Waals surface area contributed by atoms with Gasteiger partial charge in [0.15, 0.2) is 0 Å². The molecule has 0 fully saturated rings. The predicted molar refractivity (Wildman–Crippen MR) is 70.4 cm³/mol. The van der Waals surface area contributed by atoms with Crippen molar-refractivity contribution in [1.82, 2.24) is 0 Å². The van der Waals surface area contributed by atoms with Gasteiger partial charge in [0.2, 0.25) is 0 Å². The number of rotatable bonds is 2. The smallest absolute Gasteiger partial charge is 0.109 e. The first-order chi connectivity index (χ1) is 8.67. The van der Waals surface area contributed by atoms with E-state index < -0.39 is 5.60 Å². The molecule has 0 aliphatic heterocycles. The van der Waals surface area contributed by atoms with Crippen LogP contribution in [0.5, 0.6) is 0 Å². The first-order valence-electron chi connectivity index (χ1n) is 6.52. The van der Waals surface area contributed by atoms with Gasteiger partial charge in [-0.1, -0.05) is 29.8 Å². The molecule has 94 valence electrons. The van der Waals surface area contributed by atoms with Crippen molar-refractivity contribution in [2.75, 3.05) is 0 Å². The molecule has 1 aliphatic rings. The summed E-state index contributed by atoms with van der Waals surface area (Å²) < 4.78 is 5.45. The normalized spacial score (nSPS) is 22.8. The molecule has 2 heteroatoms. The van der Waals surface area contributed by atoms with E-state index in [0.29, 0.717) is 6.42 Å². The van der Waals surface area contributed by atoms with Gasteiger partial charge >= 0.3 is 0 Å². The third kappa shape index (κ3) is 1.97. The Kier molecular flexibility index (Phi) is 2.75. The molecule has 1 N–H and O–H groups in total. The first-order valence-corrected chi connectivity index (χ1v) is 6.52. The molecule has 1 aromatic heterocycles. The number of hydrogen-bond donors (Lipinski definition) is 1. The molecule has 0 saturated heterocycles. The average molecular weight is 242 g/mol. The zero-order valence-corrected chi connectivity index (χ0v) is 10.6. The van der Waals surface area contributed by atoms with Crippen LogP contribution >= 0.6 is 0 Å². The fraction of sp³-hybridized carbons (Fsp3) is 0.375. The van der Waals surface area contributed by atoms with Crippen LogP contribution in [0.1, 0.15) is 35.3 Å². The van der Waals surface area contributed by atoms with Crippen molar-refractivity contribution in [1.29, 1.82) is 0 Å². The molecule has 2 aromatic rings. The summed E-state index contributed by atoms with van der Waals surface area (Å²) in [4.78, 5) is 0. The largest absolute Gasteiger partial charge is 0.469 e. The molecule has 3 rings (SSSR count). The average Bonchev–Trinajstić information content (AvgIpc) is 2.78. The van der Waals surface area contributed by atoms with Gasteiger partial charge in [-0.05, 0) is 31.4 Å². The van der Waals surface area contributed by atoms with Crippen LogP contribution in [0, 0.1) is 6.92 Å². The second-order valence-corrected chi connectivity index (χ2v) is 5.31. The molecule has 1 atom stereocenters. The highest BCUT2D eigenvalue weighted by Crippen LogP contribution is 2.38. The number of aliphatic hydroxyl groups is 1. The lowest BCUT2D eigenvalue weighted by molar-refractivity contribution is 0.0168. The zero-order valence-electron chi connectivity index (χ0n) is 10.6. The summed E-state index contributed by atoms with van der Waals surface area (Å²) in [5.41, 5.74) is 2.65. The Bertz CT molecular complexity index is 556. The first kappa shape index (κ1) is 11.5. The maximum absolute atomic E-state index is 10.9. The van der Waals surface area contributed by atoms with Crippen LogP contribution in [-0.2, 0) is 18.4 Å². The van der Waals surface area contributed by atoms with Crippen LogP contribution in [0.3, 0.4) is 0 Å². The molecule has 0 spiro atoms. The highest BCUT2D eigenvalue weighted by atomic mass is 16.3. The Balaban J connectivity index is 1.93. The Morgan fingerprint density at radius 1 is 1.33 bits per heavy atom. The van der Waals surface area contributed by atoms with E-state index in [1.807, 2.05) is 12.1 Å². The van der Waals surface area contributed by atoms with Crippen LogP contribution in [0.15, 0.2) is 41.0 Å². The molecular weight excluding hydrogens is 224 g/mol. The summed E-state index contributed by atoms with van der Waals surface area (Å²) in [5.74, 6) is 0.955. The fourth-order valence-electron chi connectivity index (χ4n) is 2.97. The lowest BCUT2D eigenvalue weighted by Gasteiger charge is -2.32. The summed E-state index contributed by atoms with van der Waals surface area (Å²) >= 11 is 0. The molecule has 1 unspecified atom stereocenters. The van der Waals surface area contributed by atoms with Gasteiger partial charge in [0.25, 0.3) is 0 Å². The Morgan fingerprint density at radius 2 is 2.22 bits per heavy atom. The molecular formula is C16H18O2. The van der Waals surface area contributed by atoms with Crippen molar-refractivity contribution in [3.05, 3.63) is 59.0 Å². The highest BCUT2D eigenvalue weighted by Gasteiger charge is 2.36. The van der Waals surface area contributed by atoms with Crippen molar-refractivity contribution in [3.63, 3.8) is 0 Å². The molecule has 0 saturated carbocycles. The SMILES string of the molecule is Cc1cccc(CC2(O)CCCc3occc32)c1. The Morgan fingerprint density at radius 3 is 3.06 bits per heavy atom. The molecule has 2 nitrogen and oxygen atoms in total. The number of aryl methyl sites for hydroxylation is 2. The topological polar surface area (TPSA) is 33.4 Å². The lowest BCUT2D eigenvalue weighted by Crippen LogP contribution is -2.32. The van der Waals surface area contributed by atoms with Crippen LogP contribution in [0.25, 0.3) is 0 Å². The van der Waals surface area contributed by atoms with Gasteiger partial charge < -0.3 is 9.52 Å². The van der Waals surface area contributed by atoms with E-state index in [-0.39, 0.29) is 0 Å². The number of hydrogen-bond acceptors (Lipinski definition) is 2. The van der Waals surface area contributed by atoms with E-state index in [9.17, 15) is 5.11 Å². The second kappa shape index (κ2) is 4.29. The maximum Gasteiger partial charge on any atom is 0.109 e. The van der Waals surface area contributed by atoms with E-state index in [2.05, 4.69) is 25.1 Å². The molecule has 1 aliphatic carbocycles. The van der Waals surface area contributed by atoms with E-state index >= 15 is 0 Å². The van der Waals surface area contributed by atoms with Gasteiger partial charge in [0.05, 0.1) is 11.9 Å². The van der Waals surface area contributed by atoms with Crippen LogP contribution in [-0.4, -0.2) is 5.11 Å². The minimum atomic E-state index is -0.756. The van der Waals surface area contributed by atoms with E-state index in [0.717, 1.165) is 30.6 Å². The van der Waals surface area contributed by atoms with Crippen molar-refractivity contribution in [3.8, 4) is 0 Å². The minimum Gasteiger partial charge on any atom is -0.469 e. The lowest BCUT2D eigenvalue weighted by atomic mass is 9.79. The van der Waals surface area contributed by atoms with E-state index in [4.69, 9.17) is 4.42 Å². The third-order valence-electron chi connectivity index (χ3n) is 3.82. The molecule has 0 bridgehead atoms. The van der Waals surface area contributed by atoms with Crippen LogP contribution in [0.4, 0.5) is 0 Å². The van der Waals surface area contributed by atoms with Gasteiger partial charge in [-0.15, -0.1) is 0 Å². The summed E-state index contributed by atoms with van der Waals surface area (Å²) in [5, 5.41) is 10.9. The molecule has 18 heavy (non-hydrogen) atoms. The van der Waals surface area contributed by atoms with Gasteiger partial charge in [-0.2, -0.15) is 0 Å². The fourth-order valence-corrected chi connectivity index (χ4v) is 2.97. The quantitative estimate of drug-likeness (QED) is 0.876. The summed E-state index contributed by atoms with van der Waals surface area (Å²) in [7, 11) is 0. The third-order valence-corrected chi connectivity index (χ3v) is 3.82. The van der Waals surface area contributed by atoms with Gasteiger partial charge in [0, 0.05) is 18.4 Å². The van der Waals surface area contributed by atoms with Crippen LogP contribution < -0.4 is 0 Å². The van der Waals surface area contributed by atoms with Gasteiger partial charge in [-0.25, -0.2) is 0 Å². The summed E-state index contributed by atoms with van der Waals surface area (Å²) in [6, 6.07) is 10.3. The van der Waals surface area contributed by atoms with Gasteiger partial charge in [-0.3, -0.25) is 0 Å².